The lowest BCUT2D eigenvalue weighted by Gasteiger charge is -2.23. The van der Waals surface area contributed by atoms with Crippen LogP contribution >= 0.6 is 0 Å². The van der Waals surface area contributed by atoms with Crippen LogP contribution in [0.15, 0.2) is 41.9 Å². The number of aliphatic hydroxyl groups is 1. The van der Waals surface area contributed by atoms with E-state index in [0.717, 1.165) is 25.7 Å². The standard InChI is InChI=1S/C35H38FN5O5/c1-4-22-23(9-10-27(36)25(22)16-42)31-32-26(35(2,17-46-32)34(38)44)13-28(41-31)24(18-5-6-18)15-40-33(43)19-11-20(14-39-21-7-8-21)30(37)29(12-19)45-3/h4,9-14,18,21,24,42H,1,5-8,15-17,37H2,2-3H3,(H2,38,44)(H,40,43)/t24-,35-/m0/s1. The van der Waals surface area contributed by atoms with Gasteiger partial charge in [0.2, 0.25) is 5.91 Å². The van der Waals surface area contributed by atoms with E-state index in [4.69, 9.17) is 25.9 Å². The first-order chi connectivity index (χ1) is 22.1. The quantitative estimate of drug-likeness (QED) is 0.172. The Balaban J connectivity index is 1.38. The summed E-state index contributed by atoms with van der Waals surface area (Å²) in [6, 6.07) is 8.27. The summed E-state index contributed by atoms with van der Waals surface area (Å²) in [6.45, 7) is 5.31. The number of hydrogen-bond donors (Lipinski definition) is 4. The van der Waals surface area contributed by atoms with Crippen LogP contribution in [0.4, 0.5) is 10.1 Å². The second-order valence-electron chi connectivity index (χ2n) is 12.5. The van der Waals surface area contributed by atoms with Crippen molar-refractivity contribution in [1.82, 2.24) is 10.3 Å². The molecule has 1 aromatic heterocycles. The van der Waals surface area contributed by atoms with E-state index in [1.54, 1.807) is 31.3 Å². The van der Waals surface area contributed by atoms with E-state index in [0.29, 0.717) is 62.4 Å². The molecular weight excluding hydrogens is 589 g/mol. The molecule has 46 heavy (non-hydrogen) atoms. The SMILES string of the molecule is C=Cc1c(-c2nc([C@@H](CNC(=O)c3cc(C=NC4CC4)c(N)c(OC)c3)C3CC3)cc3c2OC[C@]3(C)C(N)=O)ccc(F)c1CO. The number of rotatable bonds is 12. The van der Waals surface area contributed by atoms with Gasteiger partial charge >= 0.3 is 0 Å². The van der Waals surface area contributed by atoms with Gasteiger partial charge in [0.25, 0.3) is 5.91 Å². The molecule has 2 amide bonds. The van der Waals surface area contributed by atoms with E-state index in [1.165, 1.54) is 19.3 Å². The predicted octanol–water partition coefficient (Wildman–Crippen LogP) is 4.25. The maximum absolute atomic E-state index is 14.7. The molecule has 10 nitrogen and oxygen atoms in total. The first-order valence-corrected chi connectivity index (χ1v) is 15.4. The van der Waals surface area contributed by atoms with Crippen molar-refractivity contribution >= 4 is 29.8 Å². The lowest BCUT2D eigenvalue weighted by Crippen LogP contribution is -2.40. The molecule has 6 rings (SSSR count). The number of anilines is 1. The zero-order chi connectivity index (χ0) is 32.7. The summed E-state index contributed by atoms with van der Waals surface area (Å²) in [6.07, 6.45) is 7.13. The molecule has 3 aromatic rings. The highest BCUT2D eigenvalue weighted by atomic mass is 19.1. The van der Waals surface area contributed by atoms with Crippen LogP contribution in [0.25, 0.3) is 17.3 Å². The van der Waals surface area contributed by atoms with Gasteiger partial charge in [-0.2, -0.15) is 0 Å². The molecule has 2 saturated carbocycles. The summed E-state index contributed by atoms with van der Waals surface area (Å²) < 4.78 is 26.2. The predicted molar refractivity (Wildman–Crippen MR) is 174 cm³/mol. The van der Waals surface area contributed by atoms with Crippen LogP contribution in [-0.2, 0) is 16.8 Å². The highest BCUT2D eigenvalue weighted by Gasteiger charge is 2.45. The fourth-order valence-electron chi connectivity index (χ4n) is 6.00. The van der Waals surface area contributed by atoms with Gasteiger partial charge in [-0.15, -0.1) is 0 Å². The average Bonchev–Trinajstić information content (AvgIpc) is 3.99. The van der Waals surface area contributed by atoms with Gasteiger partial charge in [0.1, 0.15) is 35.0 Å². The molecule has 0 spiro atoms. The Hall–Kier alpha value is -4.77. The van der Waals surface area contributed by atoms with Crippen molar-refractivity contribution in [2.75, 3.05) is 26.0 Å². The van der Waals surface area contributed by atoms with E-state index in [9.17, 15) is 19.1 Å². The number of nitrogens with one attached hydrogen (secondary N) is 1. The smallest absolute Gasteiger partial charge is 0.251 e. The topological polar surface area (TPSA) is 162 Å². The minimum atomic E-state index is -1.13. The van der Waals surface area contributed by atoms with Crippen molar-refractivity contribution in [3.05, 3.63) is 76.2 Å². The maximum Gasteiger partial charge on any atom is 0.251 e. The molecule has 0 bridgehead atoms. The molecule has 0 saturated heterocycles. The molecule has 6 N–H and O–H groups in total. The fraction of sp³-hybridized carbons (Fsp3) is 0.371. The van der Waals surface area contributed by atoms with Crippen molar-refractivity contribution in [1.29, 1.82) is 0 Å². The number of nitrogens with two attached hydrogens (primary N) is 2. The third-order valence-electron chi connectivity index (χ3n) is 9.23. The van der Waals surface area contributed by atoms with E-state index in [2.05, 4.69) is 16.9 Å². The number of benzene rings is 2. The zero-order valence-electron chi connectivity index (χ0n) is 25.9. The number of primary amides is 1. The summed E-state index contributed by atoms with van der Waals surface area (Å²) in [5.41, 5.74) is 15.0. The van der Waals surface area contributed by atoms with Gasteiger partial charge in [0, 0.05) is 52.2 Å². The molecule has 2 fully saturated rings. The normalized spacial score (nSPS) is 19.4. The molecule has 2 atom stereocenters. The monoisotopic (exact) mass is 627 g/mol. The fourth-order valence-corrected chi connectivity index (χ4v) is 6.00. The highest BCUT2D eigenvalue weighted by Crippen LogP contribution is 2.49. The van der Waals surface area contributed by atoms with Gasteiger partial charge < -0.3 is 31.4 Å². The van der Waals surface area contributed by atoms with Crippen LogP contribution in [0.3, 0.4) is 0 Å². The Labute approximate surface area is 266 Å². The largest absolute Gasteiger partial charge is 0.495 e. The molecule has 11 heteroatoms. The van der Waals surface area contributed by atoms with Gasteiger partial charge in [0.05, 0.1) is 25.4 Å². The summed E-state index contributed by atoms with van der Waals surface area (Å²) in [4.78, 5) is 35.8. The Kier molecular flexibility index (Phi) is 8.28. The van der Waals surface area contributed by atoms with Gasteiger partial charge in [-0.1, -0.05) is 12.7 Å². The molecule has 1 aliphatic heterocycles. The Morgan fingerprint density at radius 3 is 2.67 bits per heavy atom. The van der Waals surface area contributed by atoms with Gasteiger partial charge in [-0.25, -0.2) is 9.37 Å². The number of aromatic nitrogens is 1. The Bertz CT molecular complexity index is 1770. The van der Waals surface area contributed by atoms with Crippen molar-refractivity contribution in [2.24, 2.45) is 16.6 Å². The molecular formula is C35H38FN5O5. The highest BCUT2D eigenvalue weighted by molar-refractivity contribution is 5.99. The number of methoxy groups -OCH3 is 1. The minimum absolute atomic E-state index is 0.0173. The number of nitrogen functional groups attached to an aromatic ring is 1. The number of amides is 2. The van der Waals surface area contributed by atoms with Crippen LogP contribution in [0, 0.1) is 11.7 Å². The van der Waals surface area contributed by atoms with Crippen molar-refractivity contribution in [2.45, 2.75) is 56.6 Å². The number of aliphatic hydroxyl groups excluding tert-OH is 1. The first-order valence-electron chi connectivity index (χ1n) is 15.4. The minimum Gasteiger partial charge on any atom is -0.495 e. The van der Waals surface area contributed by atoms with E-state index < -0.39 is 23.7 Å². The van der Waals surface area contributed by atoms with E-state index >= 15 is 0 Å². The number of aliphatic imine (C=N–C) groups is 1. The summed E-state index contributed by atoms with van der Waals surface area (Å²) in [5.74, 6) is -0.641. The van der Waals surface area contributed by atoms with Crippen LogP contribution < -0.4 is 26.3 Å². The Morgan fingerprint density at radius 2 is 2.04 bits per heavy atom. The second-order valence-corrected chi connectivity index (χ2v) is 12.5. The first kappa shape index (κ1) is 31.2. The number of nitrogens with zero attached hydrogens (tertiary/aromatic N) is 2. The molecule has 3 aliphatic rings. The number of ether oxygens (including phenoxy) is 2. The van der Waals surface area contributed by atoms with E-state index in [1.807, 2.05) is 6.07 Å². The van der Waals surface area contributed by atoms with Crippen LogP contribution in [0.1, 0.15) is 76.8 Å². The summed E-state index contributed by atoms with van der Waals surface area (Å²) in [5, 5.41) is 13.0. The number of carbonyl (C=O) groups excluding carboxylic acids is 2. The molecule has 2 aliphatic carbocycles. The zero-order valence-corrected chi connectivity index (χ0v) is 25.9. The third-order valence-corrected chi connectivity index (χ3v) is 9.23. The van der Waals surface area contributed by atoms with Gasteiger partial charge in [-0.05, 0) is 74.4 Å². The molecule has 0 unspecified atom stereocenters. The van der Waals surface area contributed by atoms with Gasteiger partial charge in [-0.3, -0.25) is 14.6 Å². The average molecular weight is 628 g/mol. The number of hydrogen-bond acceptors (Lipinski definition) is 8. The molecule has 2 heterocycles. The third kappa shape index (κ3) is 5.71. The second kappa shape index (κ2) is 12.2. The number of carbonyl (C=O) groups is 2. The van der Waals surface area contributed by atoms with Crippen molar-refractivity contribution in [3.63, 3.8) is 0 Å². The molecule has 0 radical (unpaired) electrons. The lowest BCUT2D eigenvalue weighted by atomic mass is 9.81. The maximum atomic E-state index is 14.7. The summed E-state index contributed by atoms with van der Waals surface area (Å²) >= 11 is 0. The molecule has 2 aromatic carbocycles. The van der Waals surface area contributed by atoms with Crippen molar-refractivity contribution < 1.29 is 28.6 Å². The van der Waals surface area contributed by atoms with Crippen molar-refractivity contribution in [3.8, 4) is 22.8 Å². The molecule has 240 valence electrons. The lowest BCUT2D eigenvalue weighted by molar-refractivity contribution is -0.123. The number of halogens is 1. The van der Waals surface area contributed by atoms with Crippen LogP contribution in [0.2, 0.25) is 0 Å². The summed E-state index contributed by atoms with van der Waals surface area (Å²) in [7, 11) is 1.50. The van der Waals surface area contributed by atoms with Crippen LogP contribution in [0.5, 0.6) is 11.5 Å². The number of fused-ring (bicyclic) bond motifs is 1. The van der Waals surface area contributed by atoms with Gasteiger partial charge in [0.15, 0.2) is 0 Å². The van der Waals surface area contributed by atoms with Crippen LogP contribution in [-0.4, -0.2) is 54.4 Å². The van der Waals surface area contributed by atoms with E-state index in [-0.39, 0.29) is 36.5 Å². The number of pyridine rings is 1. The Morgan fingerprint density at radius 1 is 1.28 bits per heavy atom.